The molecule has 178 valence electrons. The fraction of sp³-hybridized carbons (Fsp3) is 0.269. The van der Waals surface area contributed by atoms with Crippen molar-refractivity contribution in [2.75, 3.05) is 28.8 Å². The van der Waals surface area contributed by atoms with Crippen LogP contribution in [-0.2, 0) is 21.4 Å². The Morgan fingerprint density at radius 2 is 1.68 bits per heavy atom. The largest absolute Gasteiger partial charge is 0.372 e. The van der Waals surface area contributed by atoms with Crippen LogP contribution < -0.4 is 14.5 Å². The zero-order chi connectivity index (χ0) is 24.1. The van der Waals surface area contributed by atoms with Crippen LogP contribution in [0.2, 0.25) is 5.02 Å². The van der Waals surface area contributed by atoms with E-state index in [2.05, 4.69) is 22.3 Å². The number of amides is 1. The molecule has 1 aliphatic rings. The van der Waals surface area contributed by atoms with Crippen molar-refractivity contribution in [3.8, 4) is 0 Å². The van der Waals surface area contributed by atoms with E-state index in [1.807, 2.05) is 19.1 Å². The van der Waals surface area contributed by atoms with Gasteiger partial charge in [-0.05, 0) is 67.8 Å². The molecule has 3 aromatic carbocycles. The maximum Gasteiger partial charge on any atom is 0.264 e. The van der Waals surface area contributed by atoms with Gasteiger partial charge in [0.1, 0.15) is 6.54 Å². The maximum atomic E-state index is 13.4. The number of hydrogen-bond donors (Lipinski definition) is 1. The second kappa shape index (κ2) is 10.5. The molecule has 0 unspecified atom stereocenters. The normalized spacial score (nSPS) is 13.6. The van der Waals surface area contributed by atoms with E-state index in [9.17, 15) is 13.2 Å². The molecule has 0 saturated carbocycles. The molecule has 0 atom stereocenters. The van der Waals surface area contributed by atoms with Crippen LogP contribution in [0.4, 0.5) is 11.4 Å². The Bertz CT molecular complexity index is 1240. The van der Waals surface area contributed by atoms with E-state index in [1.165, 1.54) is 24.6 Å². The fourth-order valence-electron chi connectivity index (χ4n) is 3.97. The first-order valence-electron chi connectivity index (χ1n) is 11.3. The van der Waals surface area contributed by atoms with Crippen LogP contribution in [-0.4, -0.2) is 34.0 Å². The standard InChI is InChI=1S/C26H28ClN3O3S/c1-20-7-13-25(14-8-20)34(32,33)30(24-6-4-5-22(27)17-24)19-26(31)28-18-21-9-11-23(12-10-21)29-15-2-3-16-29/h4-14,17H,2-3,15-16,18-19H2,1H3,(H,28,31). The van der Waals surface area contributed by atoms with Gasteiger partial charge in [-0.25, -0.2) is 8.42 Å². The number of nitrogens with zero attached hydrogens (tertiary/aromatic N) is 2. The first-order valence-corrected chi connectivity index (χ1v) is 13.1. The van der Waals surface area contributed by atoms with Crippen LogP contribution in [0.5, 0.6) is 0 Å². The summed E-state index contributed by atoms with van der Waals surface area (Å²) in [5.74, 6) is -0.403. The number of rotatable bonds is 8. The summed E-state index contributed by atoms with van der Waals surface area (Å²) in [6.45, 7) is 3.99. The zero-order valence-electron chi connectivity index (χ0n) is 19.1. The fourth-order valence-corrected chi connectivity index (χ4v) is 5.57. The highest BCUT2D eigenvalue weighted by atomic mass is 35.5. The molecule has 34 heavy (non-hydrogen) atoms. The summed E-state index contributed by atoms with van der Waals surface area (Å²) in [5.41, 5.74) is 3.41. The quantitative estimate of drug-likeness (QED) is 0.487. The van der Waals surface area contributed by atoms with Crippen molar-refractivity contribution in [1.29, 1.82) is 0 Å². The molecule has 0 aromatic heterocycles. The third kappa shape index (κ3) is 5.72. The minimum absolute atomic E-state index is 0.114. The van der Waals surface area contributed by atoms with E-state index >= 15 is 0 Å². The molecular weight excluding hydrogens is 470 g/mol. The molecule has 1 amide bonds. The maximum absolute atomic E-state index is 13.4. The zero-order valence-corrected chi connectivity index (χ0v) is 20.6. The van der Waals surface area contributed by atoms with Crippen LogP contribution in [0.3, 0.4) is 0 Å². The van der Waals surface area contributed by atoms with Gasteiger partial charge in [-0.3, -0.25) is 9.10 Å². The topological polar surface area (TPSA) is 69.7 Å². The van der Waals surface area contributed by atoms with E-state index < -0.39 is 15.9 Å². The molecule has 6 nitrogen and oxygen atoms in total. The number of halogens is 1. The lowest BCUT2D eigenvalue weighted by molar-refractivity contribution is -0.119. The summed E-state index contributed by atoms with van der Waals surface area (Å²) in [4.78, 5) is 15.3. The Labute approximate surface area is 206 Å². The monoisotopic (exact) mass is 497 g/mol. The van der Waals surface area contributed by atoms with Crippen molar-refractivity contribution in [1.82, 2.24) is 5.32 Å². The highest BCUT2D eigenvalue weighted by Gasteiger charge is 2.27. The number of benzene rings is 3. The van der Waals surface area contributed by atoms with Gasteiger partial charge >= 0.3 is 0 Å². The average molecular weight is 498 g/mol. The molecule has 1 fully saturated rings. The Balaban J connectivity index is 1.48. The SMILES string of the molecule is Cc1ccc(S(=O)(=O)N(CC(=O)NCc2ccc(N3CCCC3)cc2)c2cccc(Cl)c2)cc1. The molecule has 0 radical (unpaired) electrons. The van der Waals surface area contributed by atoms with Gasteiger partial charge in [0, 0.05) is 30.3 Å². The van der Waals surface area contributed by atoms with Gasteiger partial charge in [0.2, 0.25) is 5.91 Å². The molecule has 4 rings (SSSR count). The summed E-state index contributed by atoms with van der Waals surface area (Å²) in [5, 5.41) is 3.23. The van der Waals surface area contributed by atoms with Gasteiger partial charge in [0.25, 0.3) is 10.0 Å². The second-order valence-corrected chi connectivity index (χ2v) is 10.7. The molecule has 1 N–H and O–H groups in total. The van der Waals surface area contributed by atoms with Gasteiger partial charge < -0.3 is 10.2 Å². The molecule has 1 saturated heterocycles. The number of carbonyl (C=O) groups is 1. The highest BCUT2D eigenvalue weighted by Crippen LogP contribution is 2.26. The van der Waals surface area contributed by atoms with Crippen molar-refractivity contribution >= 4 is 38.9 Å². The predicted molar refractivity (Wildman–Crippen MR) is 137 cm³/mol. The van der Waals surface area contributed by atoms with Crippen molar-refractivity contribution in [2.24, 2.45) is 0 Å². The summed E-state index contributed by atoms with van der Waals surface area (Å²) < 4.78 is 27.9. The molecular formula is C26H28ClN3O3S. The van der Waals surface area contributed by atoms with Crippen molar-refractivity contribution in [2.45, 2.75) is 31.2 Å². The Hall–Kier alpha value is -3.03. The Kier molecular flexibility index (Phi) is 7.44. The first kappa shape index (κ1) is 24.1. The average Bonchev–Trinajstić information content (AvgIpc) is 3.37. The summed E-state index contributed by atoms with van der Waals surface area (Å²) in [6, 6.07) is 21.1. The van der Waals surface area contributed by atoms with Crippen LogP contribution in [0.25, 0.3) is 0 Å². The third-order valence-corrected chi connectivity index (χ3v) is 7.91. The molecule has 0 bridgehead atoms. The van der Waals surface area contributed by atoms with Gasteiger partial charge in [-0.15, -0.1) is 0 Å². The Morgan fingerprint density at radius 3 is 2.32 bits per heavy atom. The first-order chi connectivity index (χ1) is 16.3. The van der Waals surface area contributed by atoms with Crippen LogP contribution in [0, 0.1) is 6.92 Å². The lowest BCUT2D eigenvalue weighted by Crippen LogP contribution is -2.40. The van der Waals surface area contributed by atoms with Crippen molar-refractivity contribution < 1.29 is 13.2 Å². The predicted octanol–water partition coefficient (Wildman–Crippen LogP) is 4.76. The van der Waals surface area contributed by atoms with Crippen LogP contribution >= 0.6 is 11.6 Å². The minimum atomic E-state index is -3.97. The van der Waals surface area contributed by atoms with E-state index in [4.69, 9.17) is 11.6 Å². The van der Waals surface area contributed by atoms with Gasteiger partial charge in [-0.2, -0.15) is 0 Å². The number of nitrogens with one attached hydrogen (secondary N) is 1. The number of anilines is 2. The number of carbonyl (C=O) groups excluding carboxylic acids is 1. The number of aryl methyl sites for hydroxylation is 1. The van der Waals surface area contributed by atoms with E-state index in [0.29, 0.717) is 17.3 Å². The van der Waals surface area contributed by atoms with E-state index in [1.54, 1.807) is 42.5 Å². The minimum Gasteiger partial charge on any atom is -0.372 e. The smallest absolute Gasteiger partial charge is 0.264 e. The highest BCUT2D eigenvalue weighted by molar-refractivity contribution is 7.92. The number of hydrogen-bond acceptors (Lipinski definition) is 4. The van der Waals surface area contributed by atoms with Gasteiger partial charge in [-0.1, -0.05) is 47.5 Å². The summed E-state index contributed by atoms with van der Waals surface area (Å²) in [7, 11) is -3.97. The summed E-state index contributed by atoms with van der Waals surface area (Å²) in [6.07, 6.45) is 2.43. The summed E-state index contributed by atoms with van der Waals surface area (Å²) >= 11 is 6.12. The second-order valence-electron chi connectivity index (χ2n) is 8.44. The molecule has 1 heterocycles. The third-order valence-electron chi connectivity index (χ3n) is 5.89. The van der Waals surface area contributed by atoms with E-state index in [-0.39, 0.29) is 11.4 Å². The number of sulfonamides is 1. The molecule has 1 aliphatic heterocycles. The van der Waals surface area contributed by atoms with Crippen molar-refractivity contribution in [3.05, 3.63) is 88.9 Å². The van der Waals surface area contributed by atoms with E-state index in [0.717, 1.165) is 28.5 Å². The van der Waals surface area contributed by atoms with Gasteiger partial charge in [0.15, 0.2) is 0 Å². The molecule has 3 aromatic rings. The lowest BCUT2D eigenvalue weighted by Gasteiger charge is -2.24. The molecule has 0 aliphatic carbocycles. The Morgan fingerprint density at radius 1 is 1.00 bits per heavy atom. The van der Waals surface area contributed by atoms with Crippen LogP contribution in [0.15, 0.2) is 77.7 Å². The molecule has 0 spiro atoms. The van der Waals surface area contributed by atoms with Gasteiger partial charge in [0.05, 0.1) is 10.6 Å². The molecule has 8 heteroatoms. The lowest BCUT2D eigenvalue weighted by atomic mass is 10.2. The van der Waals surface area contributed by atoms with Crippen molar-refractivity contribution in [3.63, 3.8) is 0 Å². The van der Waals surface area contributed by atoms with Crippen LogP contribution in [0.1, 0.15) is 24.0 Å².